The van der Waals surface area contributed by atoms with E-state index in [1.165, 1.54) is 4.57 Å². The number of carbonyl (C=O) groups is 2. The Kier molecular flexibility index (Phi) is 2.98. The molecule has 1 saturated heterocycles. The smallest absolute Gasteiger partial charge is 0.249 e. The lowest BCUT2D eigenvalue weighted by Gasteiger charge is -2.09. The molecule has 0 radical (unpaired) electrons. The van der Waals surface area contributed by atoms with Crippen LogP contribution in [-0.2, 0) is 4.79 Å². The Balaban J connectivity index is 1.91. The fourth-order valence-corrected chi connectivity index (χ4v) is 2.57. The number of aromatic nitrogens is 2. The highest BCUT2D eigenvalue weighted by Crippen LogP contribution is 2.16. The van der Waals surface area contributed by atoms with Crippen LogP contribution in [0.3, 0.4) is 0 Å². The number of aryl methyl sites for hydroxylation is 1. The summed E-state index contributed by atoms with van der Waals surface area (Å²) in [5, 5.41) is 5.52. The van der Waals surface area contributed by atoms with E-state index in [1.807, 2.05) is 24.3 Å². The highest BCUT2D eigenvalue weighted by Gasteiger charge is 2.30. The topological polar surface area (TPSA) is 76.0 Å². The predicted molar refractivity (Wildman–Crippen MR) is 77.4 cm³/mol. The predicted octanol–water partition coefficient (Wildman–Crippen LogP) is 0.748. The van der Waals surface area contributed by atoms with Crippen LogP contribution in [0.2, 0.25) is 0 Å². The normalized spacial score (nSPS) is 18.1. The van der Waals surface area contributed by atoms with Gasteiger partial charge in [-0.25, -0.2) is 4.98 Å². The van der Waals surface area contributed by atoms with E-state index in [1.54, 1.807) is 6.92 Å². The minimum Gasteiger partial charge on any atom is -0.350 e. The van der Waals surface area contributed by atoms with Crippen LogP contribution in [0.25, 0.3) is 11.0 Å². The van der Waals surface area contributed by atoms with Crippen molar-refractivity contribution in [3.8, 4) is 0 Å². The number of para-hydroxylation sites is 2. The van der Waals surface area contributed by atoms with Crippen molar-refractivity contribution in [3.05, 3.63) is 30.1 Å². The number of hydrogen-bond donors (Lipinski definition) is 2. The van der Waals surface area contributed by atoms with E-state index < -0.39 is 6.04 Å². The number of nitrogens with one attached hydrogen (secondary N) is 2. The molecule has 6 nitrogen and oxygen atoms in total. The summed E-state index contributed by atoms with van der Waals surface area (Å²) < 4.78 is 1.53. The number of nitrogens with zero attached hydrogens (tertiary/aromatic N) is 2. The Morgan fingerprint density at radius 3 is 2.90 bits per heavy atom. The molecule has 3 rings (SSSR count). The van der Waals surface area contributed by atoms with Gasteiger partial charge in [0.05, 0.1) is 17.5 Å². The summed E-state index contributed by atoms with van der Waals surface area (Å²) in [5.74, 6) is 0.149. The maximum atomic E-state index is 12.4. The zero-order valence-electron chi connectivity index (χ0n) is 10.7. The van der Waals surface area contributed by atoms with Crippen molar-refractivity contribution >= 4 is 40.2 Å². The van der Waals surface area contributed by atoms with Crippen LogP contribution in [-0.4, -0.2) is 32.5 Å². The summed E-state index contributed by atoms with van der Waals surface area (Å²) in [6, 6.07) is 6.79. The average Bonchev–Trinajstić information content (AvgIpc) is 2.88. The van der Waals surface area contributed by atoms with Crippen LogP contribution in [0, 0.1) is 6.92 Å². The van der Waals surface area contributed by atoms with E-state index in [-0.39, 0.29) is 23.3 Å². The van der Waals surface area contributed by atoms with Gasteiger partial charge in [-0.05, 0) is 31.3 Å². The van der Waals surface area contributed by atoms with E-state index in [2.05, 4.69) is 15.6 Å². The molecule has 1 aliphatic rings. The van der Waals surface area contributed by atoms with Gasteiger partial charge < -0.3 is 10.6 Å². The average molecular weight is 288 g/mol. The third kappa shape index (κ3) is 2.05. The second-order valence-corrected chi connectivity index (χ2v) is 5.00. The molecule has 2 heterocycles. The van der Waals surface area contributed by atoms with Crippen molar-refractivity contribution in [2.45, 2.75) is 19.4 Å². The second kappa shape index (κ2) is 4.68. The number of fused-ring (bicyclic) bond motifs is 1. The van der Waals surface area contributed by atoms with Crippen molar-refractivity contribution in [3.63, 3.8) is 0 Å². The third-order valence-corrected chi connectivity index (χ3v) is 3.44. The number of imidazole rings is 1. The standard InChI is InChI=1S/C13H12N4O2S/c1-7-14-8-4-2-3-5-10(8)17(7)11(18)6-9-12(19)16-13(20)15-9/h2-5,9H,6H2,1H3,(H2,15,16,19,20)/t9-/m0/s1. The van der Waals surface area contributed by atoms with Crippen molar-refractivity contribution < 1.29 is 9.59 Å². The summed E-state index contributed by atoms with van der Waals surface area (Å²) in [6.45, 7) is 1.77. The Morgan fingerprint density at radius 2 is 2.20 bits per heavy atom. The van der Waals surface area contributed by atoms with Crippen LogP contribution in [0.5, 0.6) is 0 Å². The molecule has 1 atom stereocenters. The monoisotopic (exact) mass is 288 g/mol. The largest absolute Gasteiger partial charge is 0.350 e. The molecular weight excluding hydrogens is 276 g/mol. The van der Waals surface area contributed by atoms with Gasteiger partial charge in [-0.2, -0.15) is 0 Å². The first-order valence-corrected chi connectivity index (χ1v) is 6.56. The molecule has 1 aromatic carbocycles. The molecule has 1 aliphatic heterocycles. The van der Waals surface area contributed by atoms with Gasteiger partial charge in [0.15, 0.2) is 5.11 Å². The van der Waals surface area contributed by atoms with E-state index in [0.29, 0.717) is 5.82 Å². The molecule has 1 amide bonds. The lowest BCUT2D eigenvalue weighted by Crippen LogP contribution is -2.33. The molecule has 0 bridgehead atoms. The Bertz CT molecular complexity index is 737. The molecule has 0 saturated carbocycles. The summed E-state index contributed by atoms with van der Waals surface area (Å²) in [6.07, 6.45) is 0.0349. The van der Waals surface area contributed by atoms with Gasteiger partial charge in [0.25, 0.3) is 0 Å². The van der Waals surface area contributed by atoms with E-state index in [0.717, 1.165) is 11.0 Å². The summed E-state index contributed by atoms with van der Waals surface area (Å²) in [4.78, 5) is 28.3. The van der Waals surface area contributed by atoms with E-state index >= 15 is 0 Å². The summed E-state index contributed by atoms with van der Waals surface area (Å²) in [5.41, 5.74) is 1.51. The van der Waals surface area contributed by atoms with Crippen LogP contribution in [0.1, 0.15) is 17.0 Å². The third-order valence-electron chi connectivity index (χ3n) is 3.22. The van der Waals surface area contributed by atoms with Crippen LogP contribution in [0.15, 0.2) is 24.3 Å². The molecule has 0 unspecified atom stereocenters. The molecule has 1 aromatic heterocycles. The highest BCUT2D eigenvalue weighted by atomic mass is 32.1. The van der Waals surface area contributed by atoms with Gasteiger partial charge in [0, 0.05) is 0 Å². The van der Waals surface area contributed by atoms with Gasteiger partial charge in [0.1, 0.15) is 11.9 Å². The zero-order valence-corrected chi connectivity index (χ0v) is 11.5. The summed E-state index contributed by atoms with van der Waals surface area (Å²) >= 11 is 4.86. The van der Waals surface area contributed by atoms with Crippen molar-refractivity contribution in [2.75, 3.05) is 0 Å². The molecule has 102 valence electrons. The van der Waals surface area contributed by atoms with E-state index in [9.17, 15) is 9.59 Å². The number of amides is 1. The zero-order chi connectivity index (χ0) is 14.3. The quantitative estimate of drug-likeness (QED) is 0.798. The SMILES string of the molecule is Cc1nc2ccccc2n1C(=O)C[C@@H]1NC(=S)NC1=O. The van der Waals surface area contributed by atoms with Gasteiger partial charge in [-0.15, -0.1) is 0 Å². The van der Waals surface area contributed by atoms with Crippen LogP contribution in [0.4, 0.5) is 0 Å². The molecule has 0 spiro atoms. The Hall–Kier alpha value is -2.28. The van der Waals surface area contributed by atoms with Crippen LogP contribution < -0.4 is 10.6 Å². The second-order valence-electron chi connectivity index (χ2n) is 4.60. The van der Waals surface area contributed by atoms with Gasteiger partial charge in [-0.3, -0.25) is 14.2 Å². The Morgan fingerprint density at radius 1 is 1.45 bits per heavy atom. The Labute approximate surface area is 120 Å². The molecule has 2 aromatic rings. The maximum absolute atomic E-state index is 12.4. The first-order chi connectivity index (χ1) is 9.56. The number of benzene rings is 1. The van der Waals surface area contributed by atoms with Gasteiger partial charge in [-0.1, -0.05) is 12.1 Å². The molecule has 7 heteroatoms. The van der Waals surface area contributed by atoms with Crippen molar-refractivity contribution in [2.24, 2.45) is 0 Å². The number of thiocarbonyl (C=S) groups is 1. The maximum Gasteiger partial charge on any atom is 0.249 e. The van der Waals surface area contributed by atoms with Crippen LogP contribution >= 0.6 is 12.2 Å². The van der Waals surface area contributed by atoms with Gasteiger partial charge in [0.2, 0.25) is 11.8 Å². The number of hydrogen-bond acceptors (Lipinski definition) is 4. The summed E-state index contributed by atoms with van der Waals surface area (Å²) in [7, 11) is 0. The lowest BCUT2D eigenvalue weighted by molar-refractivity contribution is -0.120. The van der Waals surface area contributed by atoms with Crippen molar-refractivity contribution in [1.29, 1.82) is 0 Å². The molecule has 1 fully saturated rings. The minimum absolute atomic E-state index is 0.0349. The fourth-order valence-electron chi connectivity index (χ4n) is 2.33. The van der Waals surface area contributed by atoms with E-state index in [4.69, 9.17) is 12.2 Å². The minimum atomic E-state index is -0.615. The molecule has 0 aliphatic carbocycles. The first-order valence-electron chi connectivity index (χ1n) is 6.15. The van der Waals surface area contributed by atoms with Crippen molar-refractivity contribution in [1.82, 2.24) is 20.2 Å². The molecule has 2 N–H and O–H groups in total. The number of carbonyl (C=O) groups excluding carboxylic acids is 2. The number of rotatable bonds is 2. The first kappa shape index (κ1) is 12.7. The van der Waals surface area contributed by atoms with Gasteiger partial charge >= 0.3 is 0 Å². The lowest BCUT2D eigenvalue weighted by atomic mass is 10.2. The highest BCUT2D eigenvalue weighted by molar-refractivity contribution is 7.80. The fraction of sp³-hybridized carbons (Fsp3) is 0.231. The molecular formula is C13H12N4O2S. The molecule has 20 heavy (non-hydrogen) atoms.